The normalized spacial score (nSPS) is 20.7. The predicted molar refractivity (Wildman–Crippen MR) is 76.0 cm³/mol. The van der Waals surface area contributed by atoms with E-state index in [0.717, 1.165) is 44.4 Å². The summed E-state index contributed by atoms with van der Waals surface area (Å²) in [7, 11) is 0. The van der Waals surface area contributed by atoms with Crippen molar-refractivity contribution in [3.63, 3.8) is 0 Å². The fourth-order valence-electron chi connectivity index (χ4n) is 2.52. The molecule has 0 spiro atoms. The summed E-state index contributed by atoms with van der Waals surface area (Å²) in [4.78, 5) is 0. The van der Waals surface area contributed by atoms with Crippen molar-refractivity contribution in [2.75, 3.05) is 13.2 Å². The van der Waals surface area contributed by atoms with Gasteiger partial charge in [-0.25, -0.2) is 4.39 Å². The van der Waals surface area contributed by atoms with Crippen LogP contribution in [-0.4, -0.2) is 19.3 Å². The minimum absolute atomic E-state index is 0.135. The molecule has 2 unspecified atom stereocenters. The summed E-state index contributed by atoms with van der Waals surface area (Å²) < 4.78 is 18.8. The molecule has 1 aliphatic rings. The first-order valence-electron chi connectivity index (χ1n) is 7.00. The number of halogens is 2. The molecule has 1 aromatic rings. The number of hydrogen-bond acceptors (Lipinski definition) is 2. The molecule has 1 saturated heterocycles. The molecule has 0 saturated carbocycles. The highest BCUT2D eigenvalue weighted by molar-refractivity contribution is 6.31. The average Bonchev–Trinajstić information content (AvgIpc) is 2.88. The highest BCUT2D eigenvalue weighted by atomic mass is 35.5. The molecular formula is C15H21ClFNO. The van der Waals surface area contributed by atoms with E-state index in [9.17, 15) is 4.39 Å². The van der Waals surface area contributed by atoms with E-state index in [4.69, 9.17) is 16.3 Å². The molecule has 0 amide bonds. The zero-order valence-corrected chi connectivity index (χ0v) is 12.0. The van der Waals surface area contributed by atoms with Gasteiger partial charge in [0.1, 0.15) is 5.82 Å². The van der Waals surface area contributed by atoms with Crippen LogP contribution in [0.15, 0.2) is 18.2 Å². The van der Waals surface area contributed by atoms with Crippen molar-refractivity contribution >= 4 is 11.6 Å². The number of hydrogen-bond donors (Lipinski definition) is 1. The van der Waals surface area contributed by atoms with Crippen molar-refractivity contribution in [3.8, 4) is 0 Å². The zero-order valence-electron chi connectivity index (χ0n) is 11.3. The summed E-state index contributed by atoms with van der Waals surface area (Å²) in [5.74, 6) is -0.292. The van der Waals surface area contributed by atoms with Gasteiger partial charge in [0.2, 0.25) is 0 Å². The largest absolute Gasteiger partial charge is 0.378 e. The van der Waals surface area contributed by atoms with E-state index in [2.05, 4.69) is 12.2 Å². The molecule has 2 rings (SSSR count). The van der Waals surface area contributed by atoms with Gasteiger partial charge in [-0.05, 0) is 49.9 Å². The fraction of sp³-hybridized carbons (Fsp3) is 0.600. The molecule has 0 bridgehead atoms. The maximum Gasteiger partial charge on any atom is 0.124 e. The molecule has 1 fully saturated rings. The SMILES string of the molecule is CCCNC(CC1CCCO1)c1ccc(F)cc1Cl. The van der Waals surface area contributed by atoms with Gasteiger partial charge in [-0.2, -0.15) is 0 Å². The average molecular weight is 286 g/mol. The molecular weight excluding hydrogens is 265 g/mol. The summed E-state index contributed by atoms with van der Waals surface area (Å²) in [5.41, 5.74) is 0.965. The molecule has 2 atom stereocenters. The van der Waals surface area contributed by atoms with Crippen LogP contribution in [0.4, 0.5) is 4.39 Å². The van der Waals surface area contributed by atoms with Crippen LogP contribution < -0.4 is 5.32 Å². The summed E-state index contributed by atoms with van der Waals surface area (Å²) in [6, 6.07) is 4.76. The Morgan fingerprint density at radius 3 is 3.00 bits per heavy atom. The van der Waals surface area contributed by atoms with Crippen LogP contribution >= 0.6 is 11.6 Å². The van der Waals surface area contributed by atoms with Gasteiger partial charge < -0.3 is 10.1 Å². The maximum atomic E-state index is 13.1. The van der Waals surface area contributed by atoms with E-state index in [1.54, 1.807) is 6.07 Å². The van der Waals surface area contributed by atoms with Crippen molar-refractivity contribution in [2.45, 2.75) is 44.8 Å². The molecule has 4 heteroatoms. The molecule has 1 aliphatic heterocycles. The second-order valence-corrected chi connectivity index (χ2v) is 5.45. The monoisotopic (exact) mass is 285 g/mol. The Bertz CT molecular complexity index is 407. The van der Waals surface area contributed by atoms with Crippen LogP contribution in [0.3, 0.4) is 0 Å². The summed E-state index contributed by atoms with van der Waals surface area (Å²) in [5, 5.41) is 3.98. The van der Waals surface area contributed by atoms with Crippen molar-refractivity contribution in [1.29, 1.82) is 0 Å². The Morgan fingerprint density at radius 2 is 2.37 bits per heavy atom. The minimum Gasteiger partial charge on any atom is -0.378 e. The zero-order chi connectivity index (χ0) is 13.7. The van der Waals surface area contributed by atoms with Crippen LogP contribution in [0, 0.1) is 5.82 Å². The lowest BCUT2D eigenvalue weighted by atomic mass is 9.99. The molecule has 1 heterocycles. The lowest BCUT2D eigenvalue weighted by molar-refractivity contribution is 0.0946. The molecule has 0 aliphatic carbocycles. The molecule has 2 nitrogen and oxygen atoms in total. The van der Waals surface area contributed by atoms with Gasteiger partial charge >= 0.3 is 0 Å². The van der Waals surface area contributed by atoms with Crippen LogP contribution in [0.2, 0.25) is 5.02 Å². The van der Waals surface area contributed by atoms with E-state index >= 15 is 0 Å². The molecule has 1 N–H and O–H groups in total. The van der Waals surface area contributed by atoms with Gasteiger partial charge in [0.15, 0.2) is 0 Å². The third-order valence-corrected chi connectivity index (χ3v) is 3.83. The van der Waals surface area contributed by atoms with Crippen LogP contribution in [0.1, 0.15) is 44.2 Å². The predicted octanol–water partition coefficient (Wildman–Crippen LogP) is 4.09. The molecule has 0 radical (unpaired) electrons. The third kappa shape index (κ3) is 4.16. The van der Waals surface area contributed by atoms with Crippen molar-refractivity contribution in [2.24, 2.45) is 0 Å². The summed E-state index contributed by atoms with van der Waals surface area (Å²) >= 11 is 6.17. The molecule has 1 aromatic carbocycles. The smallest absolute Gasteiger partial charge is 0.124 e. The topological polar surface area (TPSA) is 21.3 Å². The minimum atomic E-state index is -0.292. The van der Waals surface area contributed by atoms with E-state index in [1.165, 1.54) is 12.1 Å². The second-order valence-electron chi connectivity index (χ2n) is 5.04. The van der Waals surface area contributed by atoms with Gasteiger partial charge in [-0.15, -0.1) is 0 Å². The highest BCUT2D eigenvalue weighted by Gasteiger charge is 2.23. The highest BCUT2D eigenvalue weighted by Crippen LogP contribution is 2.30. The van der Waals surface area contributed by atoms with Crippen molar-refractivity contribution < 1.29 is 9.13 Å². The summed E-state index contributed by atoms with van der Waals surface area (Å²) in [6.07, 6.45) is 4.47. The second kappa shape index (κ2) is 7.22. The Balaban J connectivity index is 2.10. The van der Waals surface area contributed by atoms with E-state index < -0.39 is 0 Å². The molecule has 106 valence electrons. The van der Waals surface area contributed by atoms with Crippen LogP contribution in [-0.2, 0) is 4.74 Å². The maximum absolute atomic E-state index is 13.1. The Morgan fingerprint density at radius 1 is 1.53 bits per heavy atom. The van der Waals surface area contributed by atoms with Crippen LogP contribution in [0.5, 0.6) is 0 Å². The van der Waals surface area contributed by atoms with Crippen molar-refractivity contribution in [1.82, 2.24) is 5.32 Å². The summed E-state index contributed by atoms with van der Waals surface area (Å²) in [6.45, 7) is 3.90. The van der Waals surface area contributed by atoms with Gasteiger partial charge in [0, 0.05) is 17.7 Å². The Hall–Kier alpha value is -0.640. The first-order valence-corrected chi connectivity index (χ1v) is 7.38. The number of rotatable bonds is 6. The number of ether oxygens (including phenoxy) is 1. The standard InChI is InChI=1S/C15H21ClFNO/c1-2-7-18-15(10-12-4-3-8-19-12)13-6-5-11(17)9-14(13)16/h5-6,9,12,15,18H,2-4,7-8,10H2,1H3. The quantitative estimate of drug-likeness (QED) is 0.850. The fourth-order valence-corrected chi connectivity index (χ4v) is 2.81. The van der Waals surface area contributed by atoms with E-state index in [1.807, 2.05) is 0 Å². The third-order valence-electron chi connectivity index (χ3n) is 3.50. The number of nitrogens with one attached hydrogen (secondary N) is 1. The molecule has 0 aromatic heterocycles. The lowest BCUT2D eigenvalue weighted by Gasteiger charge is -2.23. The molecule has 19 heavy (non-hydrogen) atoms. The van der Waals surface area contributed by atoms with Gasteiger partial charge in [0.25, 0.3) is 0 Å². The van der Waals surface area contributed by atoms with E-state index in [0.29, 0.717) is 5.02 Å². The van der Waals surface area contributed by atoms with E-state index in [-0.39, 0.29) is 18.0 Å². The van der Waals surface area contributed by atoms with Gasteiger partial charge in [-0.3, -0.25) is 0 Å². The van der Waals surface area contributed by atoms with Gasteiger partial charge in [0.05, 0.1) is 6.10 Å². The Labute approximate surface area is 119 Å². The number of benzene rings is 1. The van der Waals surface area contributed by atoms with Crippen molar-refractivity contribution in [3.05, 3.63) is 34.6 Å². The first-order chi connectivity index (χ1) is 9.20. The lowest BCUT2D eigenvalue weighted by Crippen LogP contribution is -2.26. The van der Waals surface area contributed by atoms with Crippen LogP contribution in [0.25, 0.3) is 0 Å². The Kier molecular flexibility index (Phi) is 5.61. The van der Waals surface area contributed by atoms with Gasteiger partial charge in [-0.1, -0.05) is 24.6 Å². The first kappa shape index (κ1) is 14.8.